The maximum absolute atomic E-state index is 12.9. The molecule has 4 amide bonds. The van der Waals surface area contributed by atoms with Gasteiger partial charge in [-0.1, -0.05) is 40.9 Å². The number of carbonyl (C=O) groups is 4. The molecule has 30 heavy (non-hydrogen) atoms. The zero-order chi connectivity index (χ0) is 22.0. The molecular weight excluding hydrogens is 459 g/mol. The van der Waals surface area contributed by atoms with E-state index in [0.717, 1.165) is 4.90 Å². The van der Waals surface area contributed by atoms with E-state index in [2.05, 4.69) is 5.32 Å². The van der Waals surface area contributed by atoms with E-state index in [4.69, 9.17) is 44.6 Å². The highest BCUT2D eigenvalue weighted by Crippen LogP contribution is 2.32. The molecule has 1 saturated heterocycles. The van der Waals surface area contributed by atoms with Crippen LogP contribution in [0.15, 0.2) is 42.0 Å². The number of amides is 4. The van der Waals surface area contributed by atoms with Gasteiger partial charge in [-0.05, 0) is 42.0 Å². The van der Waals surface area contributed by atoms with Crippen LogP contribution in [-0.2, 0) is 14.4 Å². The lowest BCUT2D eigenvalue weighted by molar-refractivity contribution is -0.139. The minimum Gasteiger partial charge on any atom is -0.480 e. The van der Waals surface area contributed by atoms with Crippen LogP contribution in [0.5, 0.6) is 5.75 Å². The van der Waals surface area contributed by atoms with Gasteiger partial charge in [-0.15, -0.1) is 0 Å². The average Bonchev–Trinajstić information content (AvgIpc) is 2.66. The lowest BCUT2D eigenvalue weighted by Crippen LogP contribution is -2.54. The van der Waals surface area contributed by atoms with Crippen LogP contribution in [0.3, 0.4) is 0 Å². The van der Waals surface area contributed by atoms with Gasteiger partial charge in [0.05, 0.1) is 15.7 Å². The van der Waals surface area contributed by atoms with E-state index in [0.29, 0.717) is 10.6 Å². The number of ether oxygens (including phenoxy) is 1. The number of barbiturate groups is 1. The predicted molar refractivity (Wildman–Crippen MR) is 110 cm³/mol. The lowest BCUT2D eigenvalue weighted by Gasteiger charge is -2.27. The molecule has 0 bridgehead atoms. The van der Waals surface area contributed by atoms with Crippen molar-refractivity contribution in [3.8, 4) is 5.75 Å². The summed E-state index contributed by atoms with van der Waals surface area (Å²) in [5.74, 6) is -2.85. The van der Waals surface area contributed by atoms with Gasteiger partial charge < -0.3 is 9.84 Å². The Balaban J connectivity index is 1.94. The molecule has 0 atom stereocenters. The minimum atomic E-state index is -1.17. The number of benzene rings is 2. The van der Waals surface area contributed by atoms with Crippen molar-refractivity contribution in [2.24, 2.45) is 0 Å². The van der Waals surface area contributed by atoms with E-state index in [1.807, 2.05) is 0 Å². The quantitative estimate of drug-likeness (QED) is 0.509. The first-order valence-electron chi connectivity index (χ1n) is 8.18. The van der Waals surface area contributed by atoms with E-state index in [1.54, 1.807) is 0 Å². The molecule has 2 aromatic carbocycles. The Kier molecular flexibility index (Phi) is 6.31. The number of halogens is 3. The van der Waals surface area contributed by atoms with Gasteiger partial charge in [0.25, 0.3) is 11.8 Å². The van der Waals surface area contributed by atoms with Gasteiger partial charge in [0.1, 0.15) is 11.3 Å². The number of nitrogens with one attached hydrogen (secondary N) is 1. The van der Waals surface area contributed by atoms with E-state index in [-0.39, 0.29) is 27.1 Å². The Morgan fingerprint density at radius 3 is 2.43 bits per heavy atom. The standard InChI is InChI=1S/C19H11Cl3N2O6/c20-10-2-3-14(12(21)7-10)24-18(28)11(17(27)23-19(24)29)5-9-1-4-15(13(22)6-9)30-8-16(25)26/h1-7H,8H2,(H,25,26)(H,23,27,29)/b11-5-. The number of urea groups is 1. The third kappa shape index (κ3) is 4.56. The van der Waals surface area contributed by atoms with Crippen molar-refractivity contribution in [3.05, 3.63) is 62.6 Å². The van der Waals surface area contributed by atoms with Gasteiger partial charge in [0, 0.05) is 5.02 Å². The van der Waals surface area contributed by atoms with Crippen LogP contribution in [0.1, 0.15) is 5.56 Å². The van der Waals surface area contributed by atoms with Crippen LogP contribution >= 0.6 is 34.8 Å². The molecule has 1 fully saturated rings. The van der Waals surface area contributed by atoms with Crippen LogP contribution in [0.25, 0.3) is 6.08 Å². The second kappa shape index (κ2) is 8.74. The zero-order valence-corrected chi connectivity index (χ0v) is 17.1. The second-order valence-corrected chi connectivity index (χ2v) is 7.18. The monoisotopic (exact) mass is 468 g/mol. The molecule has 1 aliphatic heterocycles. The number of nitrogens with zero attached hydrogens (tertiary/aromatic N) is 1. The highest BCUT2D eigenvalue weighted by Gasteiger charge is 2.37. The number of hydrogen-bond acceptors (Lipinski definition) is 5. The van der Waals surface area contributed by atoms with E-state index < -0.39 is 30.4 Å². The number of imide groups is 2. The first kappa shape index (κ1) is 21.6. The third-order valence-electron chi connectivity index (χ3n) is 3.87. The number of carbonyl (C=O) groups excluding carboxylic acids is 3. The van der Waals surface area contributed by atoms with Crippen LogP contribution in [0.4, 0.5) is 10.5 Å². The molecule has 1 heterocycles. The maximum atomic E-state index is 12.9. The Morgan fingerprint density at radius 1 is 1.07 bits per heavy atom. The molecule has 0 unspecified atom stereocenters. The molecule has 8 nitrogen and oxygen atoms in total. The van der Waals surface area contributed by atoms with Gasteiger partial charge in [0.15, 0.2) is 6.61 Å². The predicted octanol–water partition coefficient (Wildman–Crippen LogP) is 3.78. The van der Waals surface area contributed by atoms with Crippen molar-refractivity contribution in [2.75, 3.05) is 11.5 Å². The summed E-state index contributed by atoms with van der Waals surface area (Å²) >= 11 is 18.0. The lowest BCUT2D eigenvalue weighted by atomic mass is 10.1. The van der Waals surface area contributed by atoms with Gasteiger partial charge in [-0.25, -0.2) is 14.5 Å². The molecule has 0 aliphatic carbocycles. The SMILES string of the molecule is O=C(O)COc1ccc(/C=C2/C(=O)NC(=O)N(c3ccc(Cl)cc3Cl)C2=O)cc1Cl. The Hall–Kier alpha value is -3.07. The van der Waals surface area contributed by atoms with Crippen LogP contribution in [-0.4, -0.2) is 35.5 Å². The van der Waals surface area contributed by atoms with E-state index >= 15 is 0 Å². The summed E-state index contributed by atoms with van der Waals surface area (Å²) in [6.07, 6.45) is 1.23. The van der Waals surface area contributed by atoms with Gasteiger partial charge in [-0.3, -0.25) is 14.9 Å². The van der Waals surface area contributed by atoms with Gasteiger partial charge >= 0.3 is 12.0 Å². The van der Waals surface area contributed by atoms with Crippen LogP contribution in [0.2, 0.25) is 15.1 Å². The van der Waals surface area contributed by atoms with Crippen LogP contribution in [0, 0.1) is 0 Å². The molecule has 1 aliphatic rings. The molecule has 0 saturated carbocycles. The van der Waals surface area contributed by atoms with Crippen molar-refractivity contribution in [2.45, 2.75) is 0 Å². The Bertz CT molecular complexity index is 1120. The number of carboxylic acid groups (broad SMARTS) is 1. The number of rotatable bonds is 5. The summed E-state index contributed by atoms with van der Waals surface area (Å²) < 4.78 is 5.02. The van der Waals surface area contributed by atoms with Crippen molar-refractivity contribution < 1.29 is 29.0 Å². The highest BCUT2D eigenvalue weighted by atomic mass is 35.5. The summed E-state index contributed by atoms with van der Waals surface area (Å²) in [6.45, 7) is -0.583. The number of aliphatic carboxylic acids is 1. The molecule has 11 heteroatoms. The molecule has 3 rings (SSSR count). The average molecular weight is 470 g/mol. The molecule has 0 aromatic heterocycles. The molecule has 2 N–H and O–H groups in total. The first-order valence-corrected chi connectivity index (χ1v) is 9.31. The Labute approximate surface area is 184 Å². The molecule has 0 radical (unpaired) electrons. The molecule has 0 spiro atoms. The van der Waals surface area contributed by atoms with Gasteiger partial charge in [-0.2, -0.15) is 0 Å². The Morgan fingerprint density at radius 2 is 1.80 bits per heavy atom. The molecule has 2 aromatic rings. The summed E-state index contributed by atoms with van der Waals surface area (Å²) in [5.41, 5.74) is 0.0611. The van der Waals surface area contributed by atoms with Crippen molar-refractivity contribution in [1.82, 2.24) is 5.32 Å². The van der Waals surface area contributed by atoms with E-state index in [1.165, 1.54) is 42.5 Å². The molecular formula is C19H11Cl3N2O6. The first-order chi connectivity index (χ1) is 14.2. The summed E-state index contributed by atoms with van der Waals surface area (Å²) in [5, 5.41) is 11.2. The topological polar surface area (TPSA) is 113 Å². The van der Waals surface area contributed by atoms with Crippen molar-refractivity contribution in [1.29, 1.82) is 0 Å². The van der Waals surface area contributed by atoms with E-state index in [9.17, 15) is 19.2 Å². The highest BCUT2D eigenvalue weighted by molar-refractivity contribution is 6.42. The fraction of sp³-hybridized carbons (Fsp3) is 0.0526. The number of anilines is 1. The zero-order valence-electron chi connectivity index (χ0n) is 14.8. The minimum absolute atomic E-state index is 0.0441. The summed E-state index contributed by atoms with van der Waals surface area (Å²) in [7, 11) is 0. The second-order valence-electron chi connectivity index (χ2n) is 5.93. The molecule has 154 valence electrons. The van der Waals surface area contributed by atoms with Crippen molar-refractivity contribution >= 4 is 70.4 Å². The van der Waals surface area contributed by atoms with Crippen molar-refractivity contribution in [3.63, 3.8) is 0 Å². The fourth-order valence-corrected chi connectivity index (χ4v) is 3.31. The number of hydrogen-bond donors (Lipinski definition) is 2. The third-order valence-corrected chi connectivity index (χ3v) is 4.70. The fourth-order valence-electron chi connectivity index (χ4n) is 2.57. The summed E-state index contributed by atoms with van der Waals surface area (Å²) in [6, 6.07) is 7.45. The number of carboxylic acids is 1. The summed E-state index contributed by atoms with van der Waals surface area (Å²) in [4.78, 5) is 48.7. The smallest absolute Gasteiger partial charge is 0.341 e. The largest absolute Gasteiger partial charge is 0.480 e. The van der Waals surface area contributed by atoms with Gasteiger partial charge in [0.2, 0.25) is 0 Å². The van der Waals surface area contributed by atoms with Crippen LogP contribution < -0.4 is 15.0 Å². The maximum Gasteiger partial charge on any atom is 0.341 e. The normalized spacial score (nSPS) is 15.4.